The maximum Gasteiger partial charge on any atom is 0.133 e. The van der Waals surface area contributed by atoms with E-state index in [1.165, 1.54) is 0 Å². The van der Waals surface area contributed by atoms with Crippen LogP contribution < -0.4 is 10.5 Å². The van der Waals surface area contributed by atoms with Gasteiger partial charge in [-0.1, -0.05) is 6.07 Å². The minimum absolute atomic E-state index is 0.490. The highest BCUT2D eigenvalue weighted by atomic mass is 79.9. The van der Waals surface area contributed by atoms with E-state index in [1.807, 2.05) is 18.2 Å². The highest BCUT2D eigenvalue weighted by Crippen LogP contribution is 2.27. The third kappa shape index (κ3) is 3.77. The molecule has 0 amide bonds. The van der Waals surface area contributed by atoms with E-state index in [4.69, 9.17) is 10.5 Å². The molecule has 1 unspecified atom stereocenters. The van der Waals surface area contributed by atoms with Crippen molar-refractivity contribution in [2.75, 3.05) is 13.7 Å². The molecule has 0 radical (unpaired) electrons. The van der Waals surface area contributed by atoms with Gasteiger partial charge in [0.1, 0.15) is 5.75 Å². The summed E-state index contributed by atoms with van der Waals surface area (Å²) in [4.78, 5) is 0. The Labute approximate surface area is 105 Å². The topological polar surface area (TPSA) is 55.5 Å². The fraction of sp³-hybridized carbons (Fsp3) is 0.500. The molecule has 1 rings (SSSR count). The highest BCUT2D eigenvalue weighted by Gasteiger charge is 2.20. The molecule has 0 bridgehead atoms. The predicted molar refractivity (Wildman–Crippen MR) is 68.7 cm³/mol. The van der Waals surface area contributed by atoms with Crippen LogP contribution in [0.1, 0.15) is 18.9 Å². The molecule has 1 atom stereocenters. The standard InChI is InChI=1S/C12H18BrNO2/c1-12(15,5-6-14)8-9-3-4-11(16-2)10(13)7-9/h3-4,7,15H,5-6,8,14H2,1-2H3. The lowest BCUT2D eigenvalue weighted by atomic mass is 9.93. The Morgan fingerprint density at radius 3 is 2.69 bits per heavy atom. The number of hydrogen-bond acceptors (Lipinski definition) is 3. The summed E-state index contributed by atoms with van der Waals surface area (Å²) in [6.45, 7) is 2.29. The Kier molecular flexibility index (Phi) is 4.77. The molecular weight excluding hydrogens is 270 g/mol. The van der Waals surface area contributed by atoms with Crippen molar-refractivity contribution < 1.29 is 9.84 Å². The van der Waals surface area contributed by atoms with E-state index < -0.39 is 5.60 Å². The van der Waals surface area contributed by atoms with Gasteiger partial charge in [-0.3, -0.25) is 0 Å². The highest BCUT2D eigenvalue weighted by molar-refractivity contribution is 9.10. The van der Waals surface area contributed by atoms with Crippen LogP contribution in [0.2, 0.25) is 0 Å². The van der Waals surface area contributed by atoms with Gasteiger partial charge in [0.25, 0.3) is 0 Å². The molecule has 0 aromatic heterocycles. The van der Waals surface area contributed by atoms with Crippen LogP contribution in [0.4, 0.5) is 0 Å². The fourth-order valence-electron chi connectivity index (χ4n) is 1.66. The second kappa shape index (κ2) is 5.66. The van der Waals surface area contributed by atoms with Crippen molar-refractivity contribution in [3.05, 3.63) is 28.2 Å². The first-order valence-electron chi connectivity index (χ1n) is 5.23. The van der Waals surface area contributed by atoms with Gasteiger partial charge in [-0.2, -0.15) is 0 Å². The van der Waals surface area contributed by atoms with Crippen molar-refractivity contribution in [2.24, 2.45) is 5.73 Å². The van der Waals surface area contributed by atoms with Crippen LogP contribution in [0.25, 0.3) is 0 Å². The number of ether oxygens (including phenoxy) is 1. The van der Waals surface area contributed by atoms with Crippen molar-refractivity contribution in [3.63, 3.8) is 0 Å². The van der Waals surface area contributed by atoms with E-state index in [0.29, 0.717) is 19.4 Å². The molecule has 0 saturated carbocycles. The van der Waals surface area contributed by atoms with Gasteiger partial charge in [-0.05, 0) is 53.5 Å². The molecule has 0 aliphatic rings. The summed E-state index contributed by atoms with van der Waals surface area (Å²) >= 11 is 3.42. The Hall–Kier alpha value is -0.580. The van der Waals surface area contributed by atoms with E-state index in [-0.39, 0.29) is 0 Å². The van der Waals surface area contributed by atoms with Crippen molar-refractivity contribution in [3.8, 4) is 5.75 Å². The average molecular weight is 288 g/mol. The van der Waals surface area contributed by atoms with Gasteiger partial charge in [-0.15, -0.1) is 0 Å². The van der Waals surface area contributed by atoms with Crippen LogP contribution in [0, 0.1) is 0 Å². The molecule has 4 heteroatoms. The van der Waals surface area contributed by atoms with Gasteiger partial charge in [0.05, 0.1) is 17.2 Å². The van der Waals surface area contributed by atoms with Crippen molar-refractivity contribution >= 4 is 15.9 Å². The Morgan fingerprint density at radius 1 is 1.50 bits per heavy atom. The molecule has 1 aromatic rings. The first-order valence-corrected chi connectivity index (χ1v) is 6.02. The number of aliphatic hydroxyl groups is 1. The number of hydrogen-bond donors (Lipinski definition) is 2. The number of halogens is 1. The zero-order valence-corrected chi connectivity index (χ0v) is 11.3. The summed E-state index contributed by atoms with van der Waals surface area (Å²) in [6.07, 6.45) is 1.18. The molecule has 1 aromatic carbocycles. The lowest BCUT2D eigenvalue weighted by molar-refractivity contribution is 0.0538. The molecule has 0 aliphatic heterocycles. The molecule has 90 valence electrons. The summed E-state index contributed by atoms with van der Waals surface area (Å²) in [6, 6.07) is 5.80. The zero-order valence-electron chi connectivity index (χ0n) is 9.66. The van der Waals surface area contributed by atoms with Crippen LogP contribution in [0.3, 0.4) is 0 Å². The number of rotatable bonds is 5. The van der Waals surface area contributed by atoms with E-state index >= 15 is 0 Å². The molecule has 0 heterocycles. The van der Waals surface area contributed by atoms with Crippen molar-refractivity contribution in [1.29, 1.82) is 0 Å². The Morgan fingerprint density at radius 2 is 2.19 bits per heavy atom. The third-order valence-corrected chi connectivity index (χ3v) is 3.10. The van der Waals surface area contributed by atoms with Crippen LogP contribution >= 0.6 is 15.9 Å². The smallest absolute Gasteiger partial charge is 0.133 e. The third-order valence-electron chi connectivity index (χ3n) is 2.48. The predicted octanol–water partition coefficient (Wildman–Crippen LogP) is 2.10. The lowest BCUT2D eigenvalue weighted by Gasteiger charge is -2.22. The molecule has 3 N–H and O–H groups in total. The van der Waals surface area contributed by atoms with Gasteiger partial charge in [0.15, 0.2) is 0 Å². The quantitative estimate of drug-likeness (QED) is 0.872. The maximum atomic E-state index is 10.1. The lowest BCUT2D eigenvalue weighted by Crippen LogP contribution is -2.30. The average Bonchev–Trinajstić information content (AvgIpc) is 2.17. The monoisotopic (exact) mass is 287 g/mol. The zero-order chi connectivity index (χ0) is 12.2. The SMILES string of the molecule is COc1ccc(CC(C)(O)CCN)cc1Br. The number of methoxy groups -OCH3 is 1. The Bertz CT molecular complexity index is 353. The molecule has 16 heavy (non-hydrogen) atoms. The minimum Gasteiger partial charge on any atom is -0.496 e. The number of benzene rings is 1. The normalized spacial score (nSPS) is 14.6. The first kappa shape index (κ1) is 13.5. The van der Waals surface area contributed by atoms with Crippen LogP contribution in [0.15, 0.2) is 22.7 Å². The molecule has 0 saturated heterocycles. The summed E-state index contributed by atoms with van der Waals surface area (Å²) in [5.41, 5.74) is 5.77. The molecule has 0 aliphatic carbocycles. The summed E-state index contributed by atoms with van der Waals surface area (Å²) < 4.78 is 6.05. The molecular formula is C12H18BrNO2. The first-order chi connectivity index (χ1) is 7.48. The Balaban J connectivity index is 2.78. The second-order valence-corrected chi connectivity index (χ2v) is 5.04. The second-order valence-electron chi connectivity index (χ2n) is 4.18. The van der Waals surface area contributed by atoms with Crippen LogP contribution in [-0.4, -0.2) is 24.4 Å². The maximum absolute atomic E-state index is 10.1. The molecule has 0 spiro atoms. The molecule has 3 nitrogen and oxygen atoms in total. The van der Waals surface area contributed by atoms with Crippen LogP contribution in [-0.2, 0) is 6.42 Å². The van der Waals surface area contributed by atoms with Gasteiger partial charge in [0.2, 0.25) is 0 Å². The number of nitrogens with two attached hydrogens (primary N) is 1. The summed E-state index contributed by atoms with van der Waals surface area (Å²) in [5, 5.41) is 10.1. The van der Waals surface area contributed by atoms with Gasteiger partial charge < -0.3 is 15.6 Å². The molecule has 0 fully saturated rings. The van der Waals surface area contributed by atoms with E-state index in [9.17, 15) is 5.11 Å². The summed E-state index contributed by atoms with van der Waals surface area (Å²) in [5.74, 6) is 0.794. The van der Waals surface area contributed by atoms with Crippen LogP contribution in [0.5, 0.6) is 5.75 Å². The van der Waals surface area contributed by atoms with Gasteiger partial charge >= 0.3 is 0 Å². The van der Waals surface area contributed by atoms with E-state index in [1.54, 1.807) is 14.0 Å². The largest absolute Gasteiger partial charge is 0.496 e. The summed E-state index contributed by atoms with van der Waals surface area (Å²) in [7, 11) is 1.63. The fourth-order valence-corrected chi connectivity index (χ4v) is 2.25. The van der Waals surface area contributed by atoms with E-state index in [0.717, 1.165) is 15.8 Å². The van der Waals surface area contributed by atoms with E-state index in [2.05, 4.69) is 15.9 Å². The van der Waals surface area contributed by atoms with Gasteiger partial charge in [0, 0.05) is 6.42 Å². The van der Waals surface area contributed by atoms with Crippen molar-refractivity contribution in [1.82, 2.24) is 0 Å². The van der Waals surface area contributed by atoms with Crippen molar-refractivity contribution in [2.45, 2.75) is 25.4 Å². The minimum atomic E-state index is -0.747. The van der Waals surface area contributed by atoms with Gasteiger partial charge in [-0.25, -0.2) is 0 Å².